The molecule has 1 aromatic heterocycles. The van der Waals surface area contributed by atoms with Gasteiger partial charge in [-0.2, -0.15) is 0 Å². The number of aromatic nitrogens is 2. The van der Waals surface area contributed by atoms with Crippen LogP contribution in [-0.4, -0.2) is 16.6 Å². The van der Waals surface area contributed by atoms with Gasteiger partial charge in [0.25, 0.3) is 0 Å². The van der Waals surface area contributed by atoms with Crippen LogP contribution in [0.5, 0.6) is 5.75 Å². The molecule has 3 rings (SSSR count). The van der Waals surface area contributed by atoms with Crippen molar-refractivity contribution in [3.8, 4) is 5.75 Å². The number of anilines is 1. The summed E-state index contributed by atoms with van der Waals surface area (Å²) in [4.78, 5) is 7.77. The van der Waals surface area contributed by atoms with E-state index in [0.29, 0.717) is 6.61 Å². The van der Waals surface area contributed by atoms with Crippen molar-refractivity contribution in [2.45, 2.75) is 13.3 Å². The van der Waals surface area contributed by atoms with Crippen LogP contribution < -0.4 is 10.5 Å². The minimum atomic E-state index is 0.596. The molecule has 4 heteroatoms. The smallest absolute Gasteiger partial charge is 0.119 e. The lowest BCUT2D eigenvalue weighted by molar-refractivity contribution is 0.319. The first kappa shape index (κ1) is 12.5. The van der Waals surface area contributed by atoms with Crippen LogP contribution in [0.4, 0.5) is 5.69 Å². The Kier molecular flexibility index (Phi) is 3.29. The van der Waals surface area contributed by atoms with E-state index in [9.17, 15) is 0 Å². The summed E-state index contributed by atoms with van der Waals surface area (Å²) >= 11 is 0. The molecule has 0 bridgehead atoms. The molecule has 20 heavy (non-hydrogen) atoms. The fraction of sp³-hybridized carbons (Fsp3) is 0.188. The van der Waals surface area contributed by atoms with Crippen molar-refractivity contribution in [1.82, 2.24) is 9.97 Å². The zero-order valence-corrected chi connectivity index (χ0v) is 11.4. The molecule has 4 nitrogen and oxygen atoms in total. The van der Waals surface area contributed by atoms with Gasteiger partial charge in [0.15, 0.2) is 0 Å². The number of H-pyrrole nitrogens is 1. The standard InChI is InChI=1S/C16H17N3O/c1-11-3-2-4-13(9-11)20-8-7-16-18-14-6-5-12(17)10-15(14)19-16/h2-6,9-10H,7-8,17H2,1H3,(H,18,19). The van der Waals surface area contributed by atoms with E-state index in [0.717, 1.165) is 34.7 Å². The second-order valence-corrected chi connectivity index (χ2v) is 4.88. The zero-order valence-electron chi connectivity index (χ0n) is 11.4. The van der Waals surface area contributed by atoms with E-state index in [1.807, 2.05) is 36.4 Å². The number of fused-ring (bicyclic) bond motifs is 1. The summed E-state index contributed by atoms with van der Waals surface area (Å²) in [5.41, 5.74) is 9.59. The first-order chi connectivity index (χ1) is 9.70. The maximum absolute atomic E-state index is 5.75. The maximum Gasteiger partial charge on any atom is 0.119 e. The van der Waals surface area contributed by atoms with Gasteiger partial charge in [-0.05, 0) is 42.8 Å². The second-order valence-electron chi connectivity index (χ2n) is 4.88. The van der Waals surface area contributed by atoms with Gasteiger partial charge in [-0.3, -0.25) is 0 Å². The van der Waals surface area contributed by atoms with Crippen LogP contribution in [0.15, 0.2) is 42.5 Å². The summed E-state index contributed by atoms with van der Waals surface area (Å²) in [6.07, 6.45) is 0.739. The van der Waals surface area contributed by atoms with Crippen LogP contribution in [0.25, 0.3) is 11.0 Å². The van der Waals surface area contributed by atoms with Crippen molar-refractivity contribution >= 4 is 16.7 Å². The number of benzene rings is 2. The van der Waals surface area contributed by atoms with E-state index >= 15 is 0 Å². The number of rotatable bonds is 4. The van der Waals surface area contributed by atoms with E-state index in [4.69, 9.17) is 10.5 Å². The molecular formula is C16H17N3O. The first-order valence-electron chi connectivity index (χ1n) is 6.64. The van der Waals surface area contributed by atoms with Crippen LogP contribution in [0.1, 0.15) is 11.4 Å². The molecule has 0 saturated carbocycles. The number of hydrogen-bond acceptors (Lipinski definition) is 3. The number of aromatic amines is 1. The van der Waals surface area contributed by atoms with E-state index < -0.39 is 0 Å². The normalized spacial score (nSPS) is 10.8. The van der Waals surface area contributed by atoms with Gasteiger partial charge in [0.1, 0.15) is 11.6 Å². The molecule has 3 aromatic rings. The van der Waals surface area contributed by atoms with Crippen molar-refractivity contribution in [2.24, 2.45) is 0 Å². The Morgan fingerprint density at radius 2 is 2.10 bits per heavy atom. The molecule has 0 aliphatic rings. The van der Waals surface area contributed by atoms with Gasteiger partial charge in [0, 0.05) is 12.1 Å². The van der Waals surface area contributed by atoms with Crippen molar-refractivity contribution < 1.29 is 4.74 Å². The molecule has 0 aliphatic heterocycles. The summed E-state index contributed by atoms with van der Waals surface area (Å²) in [7, 11) is 0. The quantitative estimate of drug-likeness (QED) is 0.714. The second kappa shape index (κ2) is 5.25. The van der Waals surface area contributed by atoms with E-state index in [1.54, 1.807) is 0 Å². The lowest BCUT2D eigenvalue weighted by Crippen LogP contribution is -2.02. The molecule has 3 N–H and O–H groups in total. The molecule has 0 amide bonds. The number of aryl methyl sites for hydroxylation is 1. The number of nitrogens with zero attached hydrogens (tertiary/aromatic N) is 1. The molecule has 0 spiro atoms. The minimum Gasteiger partial charge on any atom is -0.493 e. The largest absolute Gasteiger partial charge is 0.493 e. The minimum absolute atomic E-state index is 0.596. The predicted octanol–water partition coefficient (Wildman–Crippen LogP) is 3.08. The zero-order chi connectivity index (χ0) is 13.9. The first-order valence-corrected chi connectivity index (χ1v) is 6.64. The lowest BCUT2D eigenvalue weighted by Gasteiger charge is -2.05. The molecule has 2 aromatic carbocycles. The van der Waals surface area contributed by atoms with Crippen LogP contribution in [0.3, 0.4) is 0 Å². The third-order valence-electron chi connectivity index (χ3n) is 3.15. The Morgan fingerprint density at radius 3 is 2.95 bits per heavy atom. The molecule has 0 saturated heterocycles. The number of imidazole rings is 1. The topological polar surface area (TPSA) is 63.9 Å². The van der Waals surface area contributed by atoms with Crippen LogP contribution in [0, 0.1) is 6.92 Å². The average molecular weight is 267 g/mol. The molecule has 0 radical (unpaired) electrons. The summed E-state index contributed by atoms with van der Waals surface area (Å²) in [6.45, 7) is 2.65. The summed E-state index contributed by atoms with van der Waals surface area (Å²) in [5.74, 6) is 1.81. The molecule has 1 heterocycles. The SMILES string of the molecule is Cc1cccc(OCCc2nc3ccc(N)cc3[nH]2)c1. The fourth-order valence-electron chi connectivity index (χ4n) is 2.17. The molecular weight excluding hydrogens is 250 g/mol. The molecule has 0 unspecified atom stereocenters. The van der Waals surface area contributed by atoms with Crippen LogP contribution >= 0.6 is 0 Å². The van der Waals surface area contributed by atoms with Crippen LogP contribution in [0.2, 0.25) is 0 Å². The number of nitrogens with one attached hydrogen (secondary N) is 1. The third kappa shape index (κ3) is 2.74. The Labute approximate surface area is 117 Å². The summed E-state index contributed by atoms with van der Waals surface area (Å²) in [6, 6.07) is 13.7. The van der Waals surface area contributed by atoms with Gasteiger partial charge >= 0.3 is 0 Å². The highest BCUT2D eigenvalue weighted by Gasteiger charge is 2.03. The molecule has 0 atom stereocenters. The number of hydrogen-bond donors (Lipinski definition) is 2. The van der Waals surface area contributed by atoms with Gasteiger partial charge in [0.05, 0.1) is 17.6 Å². The molecule has 0 aliphatic carbocycles. The third-order valence-corrected chi connectivity index (χ3v) is 3.15. The molecule has 102 valence electrons. The van der Waals surface area contributed by atoms with Crippen molar-refractivity contribution in [2.75, 3.05) is 12.3 Å². The summed E-state index contributed by atoms with van der Waals surface area (Å²) in [5, 5.41) is 0. The van der Waals surface area contributed by atoms with Gasteiger partial charge in [-0.25, -0.2) is 4.98 Å². The fourth-order valence-corrected chi connectivity index (χ4v) is 2.17. The Morgan fingerprint density at radius 1 is 1.20 bits per heavy atom. The monoisotopic (exact) mass is 267 g/mol. The van der Waals surface area contributed by atoms with Crippen molar-refractivity contribution in [3.05, 3.63) is 53.9 Å². The van der Waals surface area contributed by atoms with E-state index in [-0.39, 0.29) is 0 Å². The summed E-state index contributed by atoms with van der Waals surface area (Å²) < 4.78 is 5.73. The number of nitrogens with two attached hydrogens (primary N) is 1. The Balaban J connectivity index is 1.65. The highest BCUT2D eigenvalue weighted by atomic mass is 16.5. The van der Waals surface area contributed by atoms with E-state index in [1.165, 1.54) is 5.56 Å². The predicted molar refractivity (Wildman–Crippen MR) is 80.9 cm³/mol. The van der Waals surface area contributed by atoms with Gasteiger partial charge in [0.2, 0.25) is 0 Å². The molecule has 0 fully saturated rings. The Bertz CT molecular complexity index is 733. The van der Waals surface area contributed by atoms with Gasteiger partial charge in [-0.15, -0.1) is 0 Å². The van der Waals surface area contributed by atoms with Gasteiger partial charge in [-0.1, -0.05) is 12.1 Å². The van der Waals surface area contributed by atoms with Gasteiger partial charge < -0.3 is 15.5 Å². The number of nitrogen functional groups attached to an aromatic ring is 1. The van der Waals surface area contributed by atoms with Crippen molar-refractivity contribution in [1.29, 1.82) is 0 Å². The van der Waals surface area contributed by atoms with E-state index in [2.05, 4.69) is 23.0 Å². The number of ether oxygens (including phenoxy) is 1. The highest BCUT2D eigenvalue weighted by molar-refractivity contribution is 5.78. The maximum atomic E-state index is 5.75. The van der Waals surface area contributed by atoms with Crippen LogP contribution in [-0.2, 0) is 6.42 Å². The lowest BCUT2D eigenvalue weighted by atomic mass is 10.2. The van der Waals surface area contributed by atoms with Crippen molar-refractivity contribution in [3.63, 3.8) is 0 Å². The average Bonchev–Trinajstić information content (AvgIpc) is 2.80. The Hall–Kier alpha value is -2.49. The highest BCUT2D eigenvalue weighted by Crippen LogP contribution is 2.16.